The molecule has 0 saturated carbocycles. The number of nitrogens with one attached hydrogen (secondary N) is 8. The fourth-order valence-electron chi connectivity index (χ4n) is 7.31. The van der Waals surface area contributed by atoms with Crippen molar-refractivity contribution in [2.75, 3.05) is 38.5 Å². The summed E-state index contributed by atoms with van der Waals surface area (Å²) in [6.45, 7) is 5.49. The van der Waals surface area contributed by atoms with E-state index < -0.39 is 120 Å². The number of aliphatic hydroxyl groups excluding tert-OH is 1. The van der Waals surface area contributed by atoms with Crippen LogP contribution in [0.15, 0.2) is 35.3 Å². The highest BCUT2D eigenvalue weighted by atomic mass is 32.1. The fourth-order valence-corrected chi connectivity index (χ4v) is 7.57. The maximum absolute atomic E-state index is 14.1. The molecule has 396 valence electrons. The molecule has 1 heterocycles. The largest absolute Gasteiger partial charge is 0.394 e. The van der Waals surface area contributed by atoms with Crippen molar-refractivity contribution >= 4 is 78.0 Å². The highest BCUT2D eigenvalue weighted by Gasteiger charge is 2.37. The second-order valence-corrected chi connectivity index (χ2v) is 17.8. The third-order valence-corrected chi connectivity index (χ3v) is 11.7. The number of hydrogen-bond acceptors (Lipinski definition) is 15. The first-order valence-corrected chi connectivity index (χ1v) is 24.2. The average Bonchev–Trinajstić information content (AvgIpc) is 3.83. The van der Waals surface area contributed by atoms with Gasteiger partial charge in [-0.3, -0.25) is 48.1 Å². The quantitative estimate of drug-likeness (QED) is 0.0109. The van der Waals surface area contributed by atoms with Gasteiger partial charge in [0.1, 0.15) is 54.6 Å². The summed E-state index contributed by atoms with van der Waals surface area (Å²) < 4.78 is 0. The molecule has 0 aliphatic carbocycles. The molecule has 2 rings (SSSR count). The minimum atomic E-state index is -1.43. The monoisotopic (exact) mass is 1020 g/mol. The summed E-state index contributed by atoms with van der Waals surface area (Å²) in [5.74, 6) is -7.88. The van der Waals surface area contributed by atoms with Crippen molar-refractivity contribution in [1.29, 1.82) is 0 Å². The summed E-state index contributed by atoms with van der Waals surface area (Å²) in [5, 5.41) is 30.6. The summed E-state index contributed by atoms with van der Waals surface area (Å²) in [6.07, 6.45) is 2.62. The second kappa shape index (κ2) is 31.8. The van der Waals surface area contributed by atoms with Crippen LogP contribution in [0.1, 0.15) is 78.2 Å². The van der Waals surface area contributed by atoms with Gasteiger partial charge in [0.05, 0.1) is 19.2 Å². The van der Waals surface area contributed by atoms with Gasteiger partial charge in [-0.05, 0) is 76.8 Å². The number of thiol groups is 1. The van der Waals surface area contributed by atoms with Crippen molar-refractivity contribution in [3.05, 3.63) is 35.9 Å². The Balaban J connectivity index is 2.33. The first kappa shape index (κ1) is 60.7. The van der Waals surface area contributed by atoms with Crippen LogP contribution in [0.25, 0.3) is 0 Å². The molecule has 1 aliphatic rings. The lowest BCUT2D eigenvalue weighted by atomic mass is 10.00. The third kappa shape index (κ3) is 20.9. The van der Waals surface area contributed by atoms with Crippen molar-refractivity contribution in [2.45, 2.75) is 133 Å². The van der Waals surface area contributed by atoms with E-state index in [9.17, 15) is 53.1 Å². The molecule has 1 aliphatic heterocycles. The summed E-state index contributed by atoms with van der Waals surface area (Å²) in [4.78, 5) is 137. The Morgan fingerprint density at radius 2 is 1.24 bits per heavy atom. The molecule has 1 aromatic carbocycles. The number of aliphatic imine (C=N–C) groups is 1. The Labute approximate surface area is 419 Å². The molecule has 71 heavy (non-hydrogen) atoms. The van der Waals surface area contributed by atoms with Crippen molar-refractivity contribution in [2.24, 2.45) is 33.8 Å². The van der Waals surface area contributed by atoms with Gasteiger partial charge >= 0.3 is 0 Å². The van der Waals surface area contributed by atoms with Crippen LogP contribution in [0, 0.1) is 5.92 Å². The highest BCUT2D eigenvalue weighted by Crippen LogP contribution is 2.17. The first-order chi connectivity index (χ1) is 33.7. The lowest BCUT2D eigenvalue weighted by Gasteiger charge is -2.29. The number of likely N-dealkylation sites (tertiary alicyclic amines) is 1. The molecule has 0 radical (unpaired) electrons. The Bertz CT molecular complexity index is 1990. The number of carbonyl (C=O) groups is 10. The number of nitrogens with zero attached hydrogens (tertiary/aromatic N) is 2. The zero-order valence-corrected chi connectivity index (χ0v) is 41.7. The second-order valence-electron chi connectivity index (χ2n) is 17.4. The lowest BCUT2D eigenvalue weighted by molar-refractivity contribution is -0.140. The predicted octanol–water partition coefficient (Wildman–Crippen LogP) is -4.94. The van der Waals surface area contributed by atoms with Crippen LogP contribution in [-0.4, -0.2) is 168 Å². The van der Waals surface area contributed by atoms with E-state index in [0.29, 0.717) is 37.5 Å². The zero-order chi connectivity index (χ0) is 53.2. The Morgan fingerprint density at radius 1 is 0.704 bits per heavy atom. The number of hydrogen-bond donors (Lipinski definition) is 14. The van der Waals surface area contributed by atoms with E-state index >= 15 is 0 Å². The van der Waals surface area contributed by atoms with Gasteiger partial charge in [0, 0.05) is 25.3 Å². The van der Waals surface area contributed by atoms with Crippen molar-refractivity contribution in [1.82, 2.24) is 47.4 Å². The lowest BCUT2D eigenvalue weighted by Crippen LogP contribution is -2.61. The normalized spacial score (nSPS) is 16.5. The van der Waals surface area contributed by atoms with Crippen LogP contribution in [0.5, 0.6) is 0 Å². The van der Waals surface area contributed by atoms with Crippen LogP contribution < -0.4 is 65.5 Å². The molecular formula is C45H74N14O11S. The summed E-state index contributed by atoms with van der Waals surface area (Å²) in [7, 11) is 0. The van der Waals surface area contributed by atoms with Gasteiger partial charge in [-0.1, -0.05) is 44.2 Å². The number of unbranched alkanes of at least 4 members (excludes halogenated alkanes) is 1. The summed E-state index contributed by atoms with van der Waals surface area (Å²) >= 11 is 4.27. The fraction of sp³-hybridized carbons (Fsp3) is 0.622. The number of aliphatic hydroxyl groups is 1. The standard InChI is InChI=1S/C45H74N14O11S/c1-25(2)36(43(69)55-32(20-28-12-6-5-7-13-28)41(67)56-33(23-61)44(70)59-19-11-14-29(59)22-60)58-40(66)31(16-10-18-50-45(48)49)54-42(68)34(24-71)57-39(65)30(15-8-9-17-46)53-38(64)27(4)52-37(63)26(3)51-35(62)21-47/h5-7,12-13,22,25-27,29-34,36,61,71H,8-11,14-21,23-24,46-47H2,1-4H3,(H,51,62)(H,52,63)(H,53,64)(H,54,68)(H,55,69)(H,56,67)(H,57,65)(H,58,66)(H4,48,49,50)/t26-,27-,29-,30-,31-,32-,33-,34-,36-/m0/s1. The average molecular weight is 1020 g/mol. The van der Waals surface area contributed by atoms with Gasteiger partial charge in [-0.2, -0.15) is 12.6 Å². The number of amides is 9. The molecule has 9 amide bonds. The van der Waals surface area contributed by atoms with Crippen LogP contribution >= 0.6 is 12.6 Å². The number of benzene rings is 1. The topological polar surface area (TPSA) is 407 Å². The highest BCUT2D eigenvalue weighted by molar-refractivity contribution is 7.80. The Morgan fingerprint density at radius 3 is 1.82 bits per heavy atom. The summed E-state index contributed by atoms with van der Waals surface area (Å²) in [6, 6.07) is -2.26. The molecule has 1 fully saturated rings. The van der Waals surface area contributed by atoms with E-state index in [0.717, 1.165) is 0 Å². The molecule has 0 spiro atoms. The maximum atomic E-state index is 14.1. The van der Waals surface area contributed by atoms with Gasteiger partial charge in [-0.15, -0.1) is 0 Å². The van der Waals surface area contributed by atoms with Gasteiger partial charge < -0.3 is 80.3 Å². The van der Waals surface area contributed by atoms with E-state index in [1.165, 1.54) is 18.7 Å². The van der Waals surface area contributed by atoms with E-state index in [1.54, 1.807) is 44.2 Å². The zero-order valence-electron chi connectivity index (χ0n) is 40.8. The Hall–Kier alpha value is -6.38. The van der Waals surface area contributed by atoms with Crippen molar-refractivity contribution < 1.29 is 53.1 Å². The van der Waals surface area contributed by atoms with Crippen LogP contribution in [0.4, 0.5) is 0 Å². The maximum Gasteiger partial charge on any atom is 0.248 e. The van der Waals surface area contributed by atoms with Gasteiger partial charge in [0.25, 0.3) is 0 Å². The van der Waals surface area contributed by atoms with E-state index in [-0.39, 0.29) is 63.6 Å². The smallest absolute Gasteiger partial charge is 0.248 e. The molecule has 1 saturated heterocycles. The number of nitrogens with two attached hydrogens (primary N) is 4. The van der Waals surface area contributed by atoms with Crippen LogP contribution in [0.2, 0.25) is 0 Å². The van der Waals surface area contributed by atoms with Crippen LogP contribution in [0.3, 0.4) is 0 Å². The molecule has 25 nitrogen and oxygen atoms in total. The molecule has 0 aromatic heterocycles. The first-order valence-electron chi connectivity index (χ1n) is 23.6. The number of aldehydes is 1. The molecule has 9 atom stereocenters. The third-order valence-electron chi connectivity index (χ3n) is 11.4. The molecule has 0 bridgehead atoms. The number of carbonyl (C=O) groups excluding carboxylic acids is 10. The molecule has 1 aromatic rings. The molecular weight excluding hydrogens is 945 g/mol. The van der Waals surface area contributed by atoms with E-state index in [4.69, 9.17) is 22.9 Å². The van der Waals surface area contributed by atoms with Crippen LogP contribution in [-0.2, 0) is 54.4 Å². The number of guanidine groups is 1. The molecule has 26 heteroatoms. The molecule has 0 unspecified atom stereocenters. The van der Waals surface area contributed by atoms with Gasteiger partial charge in [-0.25, -0.2) is 0 Å². The van der Waals surface area contributed by atoms with E-state index in [1.807, 2.05) is 0 Å². The number of rotatable bonds is 31. The minimum absolute atomic E-state index is 0.0499. The minimum Gasteiger partial charge on any atom is -0.394 e. The van der Waals surface area contributed by atoms with Crippen molar-refractivity contribution in [3.63, 3.8) is 0 Å². The van der Waals surface area contributed by atoms with E-state index in [2.05, 4.69) is 60.2 Å². The van der Waals surface area contributed by atoms with Gasteiger partial charge in [0.2, 0.25) is 53.2 Å². The summed E-state index contributed by atoms with van der Waals surface area (Å²) in [5.41, 5.74) is 22.6. The molecule has 17 N–H and O–H groups in total. The predicted molar refractivity (Wildman–Crippen MR) is 265 cm³/mol. The Kier molecular flexibility index (Phi) is 27.2. The SMILES string of the molecule is CC(C)[C@H](NC(=O)[C@H](CCCN=C(N)N)NC(=O)[C@H](CS)NC(=O)[C@H](CCCCN)NC(=O)[C@H](C)NC(=O)[C@H](C)NC(=O)CN)C(=O)N[C@@H](Cc1ccccc1)C(=O)N[C@@H](CO)C(=O)N1CCC[C@H]1C=O. The van der Waals surface area contributed by atoms with Gasteiger partial charge in [0.15, 0.2) is 5.96 Å². The van der Waals surface area contributed by atoms with Crippen molar-refractivity contribution in [3.8, 4) is 0 Å².